The summed E-state index contributed by atoms with van der Waals surface area (Å²) >= 11 is 9.33. The Labute approximate surface area is 232 Å². The minimum atomic E-state index is -4.78. The fourth-order valence-electron chi connectivity index (χ4n) is 3.63. The molecule has 39 heavy (non-hydrogen) atoms. The molecule has 0 aliphatic carbocycles. The van der Waals surface area contributed by atoms with E-state index in [1.807, 2.05) is 5.32 Å². The molecule has 3 aromatic rings. The quantitative estimate of drug-likeness (QED) is 0.191. The van der Waals surface area contributed by atoms with Gasteiger partial charge in [-0.1, -0.05) is 29.8 Å². The van der Waals surface area contributed by atoms with Gasteiger partial charge in [0.05, 0.1) is 27.9 Å². The van der Waals surface area contributed by atoms with E-state index in [0.29, 0.717) is 27.1 Å². The number of nitrogens with one attached hydrogen (secondary N) is 1. The SMILES string of the molecule is COc1cc(/C=C2/C(=O)NC(=O)N(c3cc(C(F)(F)F)ccc3Cl)C2=O)cc(Br)c1OCc1ccccc1F. The summed E-state index contributed by atoms with van der Waals surface area (Å²) in [7, 11) is 1.34. The molecule has 1 aliphatic rings. The van der Waals surface area contributed by atoms with Crippen molar-refractivity contribution in [3.63, 3.8) is 0 Å². The summed E-state index contributed by atoms with van der Waals surface area (Å²) in [4.78, 5) is 38.6. The molecule has 3 aromatic carbocycles. The van der Waals surface area contributed by atoms with Gasteiger partial charge in [0.15, 0.2) is 11.5 Å². The second-order valence-corrected chi connectivity index (χ2v) is 9.30. The number of alkyl halides is 3. The van der Waals surface area contributed by atoms with Crippen LogP contribution in [0.4, 0.5) is 28.0 Å². The maximum atomic E-state index is 14.0. The van der Waals surface area contributed by atoms with Crippen molar-refractivity contribution in [1.29, 1.82) is 0 Å². The zero-order valence-corrected chi connectivity index (χ0v) is 22.1. The lowest BCUT2D eigenvalue weighted by Gasteiger charge is -2.27. The third-order valence-corrected chi connectivity index (χ3v) is 6.42. The number of nitrogens with zero attached hydrogens (tertiary/aromatic N) is 1. The monoisotopic (exact) mass is 626 g/mol. The largest absolute Gasteiger partial charge is 0.493 e. The number of methoxy groups -OCH3 is 1. The third-order valence-electron chi connectivity index (χ3n) is 5.51. The van der Waals surface area contributed by atoms with Gasteiger partial charge in [0.1, 0.15) is 18.0 Å². The van der Waals surface area contributed by atoms with Crippen LogP contribution in [0.1, 0.15) is 16.7 Å². The number of rotatable bonds is 6. The summed E-state index contributed by atoms with van der Waals surface area (Å²) in [6, 6.07) is 9.75. The van der Waals surface area contributed by atoms with Gasteiger partial charge in [-0.25, -0.2) is 14.1 Å². The molecule has 4 amide bonds. The van der Waals surface area contributed by atoms with Crippen molar-refractivity contribution >= 4 is 57.1 Å². The van der Waals surface area contributed by atoms with E-state index in [1.165, 1.54) is 31.4 Å². The molecular weight excluding hydrogens is 612 g/mol. The Morgan fingerprint density at radius 2 is 1.79 bits per heavy atom. The number of halogens is 6. The fraction of sp³-hybridized carbons (Fsp3) is 0.115. The average molecular weight is 628 g/mol. The molecule has 0 saturated carbocycles. The first kappa shape index (κ1) is 28.1. The van der Waals surface area contributed by atoms with Crippen LogP contribution in [0.15, 0.2) is 64.6 Å². The highest BCUT2D eigenvalue weighted by atomic mass is 79.9. The van der Waals surface area contributed by atoms with E-state index in [9.17, 15) is 31.9 Å². The molecule has 202 valence electrons. The van der Waals surface area contributed by atoms with Crippen LogP contribution >= 0.6 is 27.5 Å². The summed E-state index contributed by atoms with van der Waals surface area (Å²) in [5.41, 5.74) is -1.73. The van der Waals surface area contributed by atoms with Crippen molar-refractivity contribution < 1.29 is 41.4 Å². The van der Waals surface area contributed by atoms with Crippen LogP contribution in [0.5, 0.6) is 11.5 Å². The van der Waals surface area contributed by atoms with Crippen molar-refractivity contribution in [2.75, 3.05) is 12.0 Å². The van der Waals surface area contributed by atoms with E-state index >= 15 is 0 Å². The van der Waals surface area contributed by atoms with Gasteiger partial charge >= 0.3 is 12.2 Å². The Hall–Kier alpha value is -3.90. The first-order valence-corrected chi connectivity index (χ1v) is 12.1. The standard InChI is InChI=1S/C26H16BrClF4N2O5/c1-38-21-10-13(9-17(27)22(21)39-12-14-4-2-3-5-19(14)29)8-16-23(35)33-25(37)34(24(16)36)20-11-15(26(30,31)32)6-7-18(20)28/h2-11H,12H2,1H3,(H,33,35,37)/b16-8-. The van der Waals surface area contributed by atoms with E-state index in [1.54, 1.807) is 12.1 Å². The van der Waals surface area contributed by atoms with E-state index in [4.69, 9.17) is 21.1 Å². The Balaban J connectivity index is 1.69. The van der Waals surface area contributed by atoms with E-state index in [2.05, 4.69) is 15.9 Å². The van der Waals surface area contributed by atoms with E-state index < -0.39 is 46.7 Å². The highest BCUT2D eigenvalue weighted by Gasteiger charge is 2.39. The predicted molar refractivity (Wildman–Crippen MR) is 137 cm³/mol. The summed E-state index contributed by atoms with van der Waals surface area (Å²) in [5.74, 6) is -2.37. The molecular formula is C26H16BrClF4N2O5. The number of carbonyl (C=O) groups excluding carboxylic acids is 3. The maximum Gasteiger partial charge on any atom is 0.416 e. The number of imide groups is 2. The topological polar surface area (TPSA) is 84.9 Å². The van der Waals surface area contributed by atoms with Crippen molar-refractivity contribution in [2.45, 2.75) is 12.8 Å². The lowest BCUT2D eigenvalue weighted by molar-refractivity contribution is -0.137. The highest BCUT2D eigenvalue weighted by Crippen LogP contribution is 2.39. The second-order valence-electron chi connectivity index (χ2n) is 8.04. The molecule has 0 aromatic heterocycles. The van der Waals surface area contributed by atoms with Crippen molar-refractivity contribution in [3.8, 4) is 11.5 Å². The Morgan fingerprint density at radius 3 is 2.46 bits per heavy atom. The summed E-state index contributed by atoms with van der Waals surface area (Å²) < 4.78 is 65.1. The van der Waals surface area contributed by atoms with Crippen LogP contribution in [-0.2, 0) is 22.4 Å². The number of ether oxygens (including phenoxy) is 2. The Morgan fingerprint density at radius 1 is 1.08 bits per heavy atom. The van der Waals surface area contributed by atoms with E-state index in [0.717, 1.165) is 12.1 Å². The van der Waals surface area contributed by atoms with Crippen LogP contribution in [0.25, 0.3) is 6.08 Å². The molecule has 0 bridgehead atoms. The summed E-state index contributed by atoms with van der Waals surface area (Å²) in [6.45, 7) is -0.127. The fourth-order valence-corrected chi connectivity index (χ4v) is 4.41. The number of hydrogen-bond acceptors (Lipinski definition) is 5. The van der Waals surface area contributed by atoms with Gasteiger partial charge in [-0.2, -0.15) is 13.2 Å². The molecule has 1 saturated heterocycles. The number of carbonyl (C=O) groups is 3. The molecule has 1 heterocycles. The number of hydrogen-bond donors (Lipinski definition) is 1. The summed E-state index contributed by atoms with van der Waals surface area (Å²) in [5, 5.41) is 1.61. The molecule has 0 spiro atoms. The minimum absolute atomic E-state index is 0.127. The number of urea groups is 1. The molecule has 0 unspecified atom stereocenters. The molecule has 7 nitrogen and oxygen atoms in total. The van der Waals surface area contributed by atoms with Crippen LogP contribution in [0.3, 0.4) is 0 Å². The predicted octanol–water partition coefficient (Wildman–Crippen LogP) is 6.51. The first-order valence-electron chi connectivity index (χ1n) is 10.9. The minimum Gasteiger partial charge on any atom is -0.493 e. The number of benzene rings is 3. The zero-order chi connectivity index (χ0) is 28.5. The molecule has 4 rings (SSSR count). The van der Waals surface area contributed by atoms with Crippen LogP contribution in [0, 0.1) is 5.82 Å². The van der Waals surface area contributed by atoms with Gasteiger partial charge in [0.2, 0.25) is 0 Å². The van der Waals surface area contributed by atoms with Gasteiger partial charge in [-0.15, -0.1) is 0 Å². The summed E-state index contributed by atoms with van der Waals surface area (Å²) in [6.07, 6.45) is -3.66. The smallest absolute Gasteiger partial charge is 0.416 e. The molecule has 0 atom stereocenters. The molecule has 0 radical (unpaired) electrons. The van der Waals surface area contributed by atoms with Gasteiger partial charge in [0.25, 0.3) is 11.8 Å². The van der Waals surface area contributed by atoms with Gasteiger partial charge in [-0.3, -0.25) is 14.9 Å². The van der Waals surface area contributed by atoms with Gasteiger partial charge in [0, 0.05) is 5.56 Å². The van der Waals surface area contributed by atoms with Crippen LogP contribution in [-0.4, -0.2) is 25.0 Å². The Bertz CT molecular complexity index is 1530. The molecule has 13 heteroatoms. The maximum absolute atomic E-state index is 14.0. The molecule has 1 aliphatic heterocycles. The van der Waals surface area contributed by atoms with Crippen molar-refractivity contribution in [2.24, 2.45) is 0 Å². The van der Waals surface area contributed by atoms with E-state index in [-0.39, 0.29) is 28.7 Å². The van der Waals surface area contributed by atoms with Crippen LogP contribution < -0.4 is 19.7 Å². The number of amides is 4. The molecule has 1 N–H and O–H groups in total. The zero-order valence-electron chi connectivity index (χ0n) is 19.7. The normalized spacial score (nSPS) is 15.0. The van der Waals surface area contributed by atoms with Gasteiger partial charge < -0.3 is 9.47 Å². The average Bonchev–Trinajstić information content (AvgIpc) is 2.86. The second kappa shape index (κ2) is 11.1. The number of anilines is 1. The van der Waals surface area contributed by atoms with Crippen molar-refractivity contribution in [1.82, 2.24) is 5.32 Å². The third kappa shape index (κ3) is 5.91. The highest BCUT2D eigenvalue weighted by molar-refractivity contribution is 9.10. The lowest BCUT2D eigenvalue weighted by atomic mass is 10.1. The first-order chi connectivity index (χ1) is 18.4. The molecule has 1 fully saturated rings. The van der Waals surface area contributed by atoms with Crippen LogP contribution in [0.2, 0.25) is 5.02 Å². The van der Waals surface area contributed by atoms with Gasteiger partial charge in [-0.05, 0) is 64.0 Å². The van der Waals surface area contributed by atoms with Crippen molar-refractivity contribution in [3.05, 3.63) is 92.2 Å². The number of barbiturate groups is 1. The Kier molecular flexibility index (Phi) is 7.98. The lowest BCUT2D eigenvalue weighted by Crippen LogP contribution is -2.54.